The van der Waals surface area contributed by atoms with Crippen LogP contribution in [0.1, 0.15) is 31.1 Å². The summed E-state index contributed by atoms with van der Waals surface area (Å²) in [6.07, 6.45) is 0. The molecule has 76 valence electrons. The second-order valence-electron chi connectivity index (χ2n) is 4.02. The fourth-order valence-corrected chi connectivity index (χ4v) is 1.70. The molecule has 2 rings (SSSR count). The molecule has 15 heavy (non-hydrogen) atoms. The molecule has 2 aromatic rings. The van der Waals surface area contributed by atoms with Crippen molar-refractivity contribution in [3.63, 3.8) is 0 Å². The SMILES string of the molecule is Cc1ccc2nn(C(C)C)c(C#N)c2c1. The Bertz CT molecular complexity index is 544. The van der Waals surface area contributed by atoms with E-state index in [0.717, 1.165) is 16.5 Å². The first-order valence-corrected chi connectivity index (χ1v) is 5.02. The van der Waals surface area contributed by atoms with Gasteiger partial charge in [0.1, 0.15) is 11.8 Å². The quantitative estimate of drug-likeness (QED) is 0.708. The summed E-state index contributed by atoms with van der Waals surface area (Å²) in [5, 5.41) is 14.5. The van der Waals surface area contributed by atoms with Crippen LogP contribution in [-0.4, -0.2) is 9.78 Å². The molecular weight excluding hydrogens is 186 g/mol. The van der Waals surface area contributed by atoms with Crippen LogP contribution in [0.2, 0.25) is 0 Å². The van der Waals surface area contributed by atoms with Crippen molar-refractivity contribution in [3.05, 3.63) is 29.5 Å². The van der Waals surface area contributed by atoms with Crippen LogP contribution in [0.15, 0.2) is 18.2 Å². The van der Waals surface area contributed by atoms with E-state index in [-0.39, 0.29) is 6.04 Å². The first-order valence-electron chi connectivity index (χ1n) is 5.02. The lowest BCUT2D eigenvalue weighted by Crippen LogP contribution is -2.04. The van der Waals surface area contributed by atoms with Gasteiger partial charge in [0.05, 0.1) is 5.52 Å². The number of benzene rings is 1. The first kappa shape index (κ1) is 9.72. The normalized spacial score (nSPS) is 10.9. The summed E-state index contributed by atoms with van der Waals surface area (Å²) in [4.78, 5) is 0. The van der Waals surface area contributed by atoms with E-state index in [0.29, 0.717) is 5.69 Å². The summed E-state index contributed by atoms with van der Waals surface area (Å²) in [5.74, 6) is 0. The van der Waals surface area contributed by atoms with Crippen molar-refractivity contribution in [1.29, 1.82) is 5.26 Å². The Hall–Kier alpha value is -1.82. The van der Waals surface area contributed by atoms with Crippen LogP contribution in [0.25, 0.3) is 10.9 Å². The highest BCUT2D eigenvalue weighted by molar-refractivity contribution is 5.84. The molecular formula is C12H13N3. The van der Waals surface area contributed by atoms with Crippen LogP contribution in [0.5, 0.6) is 0 Å². The van der Waals surface area contributed by atoms with Gasteiger partial charge in [-0.05, 0) is 32.9 Å². The standard InChI is InChI=1S/C12H13N3/c1-8(2)15-12(7-13)10-6-9(3)4-5-11(10)14-15/h4-6,8H,1-3H3. The molecule has 1 aromatic carbocycles. The van der Waals surface area contributed by atoms with E-state index < -0.39 is 0 Å². The fraction of sp³-hybridized carbons (Fsp3) is 0.333. The van der Waals surface area contributed by atoms with Crippen molar-refractivity contribution >= 4 is 10.9 Å². The molecule has 0 radical (unpaired) electrons. The van der Waals surface area contributed by atoms with Gasteiger partial charge in [-0.3, -0.25) is 4.68 Å². The Balaban J connectivity index is 2.81. The Morgan fingerprint density at radius 2 is 2.13 bits per heavy atom. The fourth-order valence-electron chi connectivity index (χ4n) is 1.70. The topological polar surface area (TPSA) is 41.6 Å². The molecule has 0 spiro atoms. The van der Waals surface area contributed by atoms with Gasteiger partial charge in [0.25, 0.3) is 0 Å². The predicted molar refractivity (Wildman–Crippen MR) is 59.6 cm³/mol. The molecule has 1 aromatic heterocycles. The number of aromatic nitrogens is 2. The summed E-state index contributed by atoms with van der Waals surface area (Å²) in [5.41, 5.74) is 2.71. The monoisotopic (exact) mass is 199 g/mol. The lowest BCUT2D eigenvalue weighted by molar-refractivity contribution is 0.532. The average molecular weight is 199 g/mol. The van der Waals surface area contributed by atoms with Crippen molar-refractivity contribution in [2.75, 3.05) is 0 Å². The molecule has 0 saturated heterocycles. The minimum Gasteiger partial charge on any atom is -0.251 e. The van der Waals surface area contributed by atoms with Gasteiger partial charge in [-0.15, -0.1) is 0 Å². The number of nitriles is 1. The van der Waals surface area contributed by atoms with Gasteiger partial charge < -0.3 is 0 Å². The number of hydrogen-bond acceptors (Lipinski definition) is 2. The summed E-state index contributed by atoms with van der Waals surface area (Å²) in [6.45, 7) is 6.08. The summed E-state index contributed by atoms with van der Waals surface area (Å²) in [7, 11) is 0. The van der Waals surface area contributed by atoms with Gasteiger partial charge in [0.15, 0.2) is 0 Å². The zero-order valence-corrected chi connectivity index (χ0v) is 9.15. The summed E-state index contributed by atoms with van der Waals surface area (Å²) >= 11 is 0. The highest BCUT2D eigenvalue weighted by Crippen LogP contribution is 2.21. The molecule has 0 atom stereocenters. The number of aryl methyl sites for hydroxylation is 1. The zero-order valence-electron chi connectivity index (χ0n) is 9.15. The van der Waals surface area contributed by atoms with Crippen molar-refractivity contribution < 1.29 is 0 Å². The number of hydrogen-bond donors (Lipinski definition) is 0. The molecule has 3 heteroatoms. The third-order valence-corrected chi connectivity index (χ3v) is 2.45. The molecule has 0 aliphatic heterocycles. The van der Waals surface area contributed by atoms with Crippen LogP contribution in [0.4, 0.5) is 0 Å². The van der Waals surface area contributed by atoms with Crippen molar-refractivity contribution in [2.45, 2.75) is 26.8 Å². The minimum absolute atomic E-state index is 0.215. The van der Waals surface area contributed by atoms with Crippen LogP contribution >= 0.6 is 0 Å². The minimum atomic E-state index is 0.215. The Morgan fingerprint density at radius 3 is 2.73 bits per heavy atom. The maximum atomic E-state index is 9.13. The van der Waals surface area contributed by atoms with Gasteiger partial charge >= 0.3 is 0 Å². The molecule has 0 fully saturated rings. The van der Waals surface area contributed by atoms with Gasteiger partial charge in [-0.2, -0.15) is 10.4 Å². The van der Waals surface area contributed by atoms with Gasteiger partial charge in [0.2, 0.25) is 0 Å². The maximum absolute atomic E-state index is 9.13. The number of fused-ring (bicyclic) bond motifs is 1. The zero-order chi connectivity index (χ0) is 11.0. The Labute approximate surface area is 88.9 Å². The second-order valence-corrected chi connectivity index (χ2v) is 4.02. The van der Waals surface area contributed by atoms with Gasteiger partial charge in [-0.1, -0.05) is 11.6 Å². The molecule has 0 aliphatic carbocycles. The van der Waals surface area contributed by atoms with Crippen LogP contribution in [0, 0.1) is 18.3 Å². The smallest absolute Gasteiger partial charge is 0.146 e. The molecule has 0 amide bonds. The molecule has 0 saturated carbocycles. The lowest BCUT2D eigenvalue weighted by atomic mass is 10.1. The highest BCUT2D eigenvalue weighted by Gasteiger charge is 2.12. The third-order valence-electron chi connectivity index (χ3n) is 2.45. The molecule has 0 aliphatic rings. The second kappa shape index (κ2) is 3.39. The first-order chi connectivity index (χ1) is 7.13. The largest absolute Gasteiger partial charge is 0.251 e. The highest BCUT2D eigenvalue weighted by atomic mass is 15.3. The Kier molecular flexibility index (Phi) is 2.20. The summed E-state index contributed by atoms with van der Waals surface area (Å²) in [6, 6.07) is 8.43. The molecule has 3 nitrogen and oxygen atoms in total. The lowest BCUT2D eigenvalue weighted by Gasteiger charge is -2.05. The molecule has 0 N–H and O–H groups in total. The van der Waals surface area contributed by atoms with E-state index in [1.54, 1.807) is 4.68 Å². The molecule has 1 heterocycles. The number of rotatable bonds is 1. The summed E-state index contributed by atoms with van der Waals surface area (Å²) < 4.78 is 1.78. The average Bonchev–Trinajstić information content (AvgIpc) is 2.55. The van der Waals surface area contributed by atoms with E-state index in [4.69, 9.17) is 5.26 Å². The van der Waals surface area contributed by atoms with Crippen LogP contribution in [0.3, 0.4) is 0 Å². The van der Waals surface area contributed by atoms with Crippen LogP contribution < -0.4 is 0 Å². The maximum Gasteiger partial charge on any atom is 0.146 e. The van der Waals surface area contributed by atoms with E-state index >= 15 is 0 Å². The van der Waals surface area contributed by atoms with Crippen molar-refractivity contribution in [1.82, 2.24) is 9.78 Å². The van der Waals surface area contributed by atoms with Crippen molar-refractivity contribution in [2.24, 2.45) is 0 Å². The van der Waals surface area contributed by atoms with Gasteiger partial charge in [-0.25, -0.2) is 0 Å². The molecule has 0 bridgehead atoms. The van der Waals surface area contributed by atoms with E-state index in [1.165, 1.54) is 0 Å². The van der Waals surface area contributed by atoms with E-state index in [1.807, 2.05) is 39.0 Å². The van der Waals surface area contributed by atoms with E-state index in [2.05, 4.69) is 11.2 Å². The van der Waals surface area contributed by atoms with Crippen LogP contribution in [-0.2, 0) is 0 Å². The number of nitrogens with zero attached hydrogens (tertiary/aromatic N) is 3. The van der Waals surface area contributed by atoms with E-state index in [9.17, 15) is 0 Å². The third kappa shape index (κ3) is 1.48. The van der Waals surface area contributed by atoms with Crippen molar-refractivity contribution in [3.8, 4) is 6.07 Å². The predicted octanol–water partition coefficient (Wildman–Crippen LogP) is 2.80. The Morgan fingerprint density at radius 1 is 1.40 bits per heavy atom. The molecule has 0 unspecified atom stereocenters. The van der Waals surface area contributed by atoms with Gasteiger partial charge in [0, 0.05) is 11.4 Å².